The highest BCUT2D eigenvalue weighted by Gasteiger charge is 2.17. The number of para-hydroxylation sites is 1. The first-order valence-corrected chi connectivity index (χ1v) is 11.5. The summed E-state index contributed by atoms with van der Waals surface area (Å²) in [6.07, 6.45) is 0. The van der Waals surface area contributed by atoms with Gasteiger partial charge >= 0.3 is 0 Å². The predicted octanol–water partition coefficient (Wildman–Crippen LogP) is 4.28. The van der Waals surface area contributed by atoms with E-state index in [2.05, 4.69) is 20.8 Å². The minimum atomic E-state index is -0.394. The van der Waals surface area contributed by atoms with Crippen LogP contribution in [0.25, 0.3) is 11.4 Å². The fraction of sp³-hybridized carbons (Fsp3) is 0.120. The van der Waals surface area contributed by atoms with Gasteiger partial charge in [0.25, 0.3) is 5.91 Å². The highest BCUT2D eigenvalue weighted by molar-refractivity contribution is 7.99. The molecule has 4 aromatic rings. The second-order valence-electron chi connectivity index (χ2n) is 7.40. The molecule has 0 fully saturated rings. The molecule has 172 valence electrons. The molecular weight excluding hydrogens is 453 g/mol. The Morgan fingerprint density at radius 2 is 1.65 bits per heavy atom. The molecule has 0 saturated heterocycles. The molecule has 9 heteroatoms. The van der Waals surface area contributed by atoms with Crippen LogP contribution in [0, 0.1) is 5.82 Å². The van der Waals surface area contributed by atoms with E-state index in [0.29, 0.717) is 34.3 Å². The van der Waals surface area contributed by atoms with E-state index in [1.165, 1.54) is 17.8 Å². The van der Waals surface area contributed by atoms with E-state index >= 15 is 0 Å². The summed E-state index contributed by atoms with van der Waals surface area (Å²) in [5, 5.41) is 14.3. The molecule has 7 nitrogen and oxygen atoms in total. The summed E-state index contributed by atoms with van der Waals surface area (Å²) in [5.41, 5.74) is 2.11. The summed E-state index contributed by atoms with van der Waals surface area (Å²) in [4.78, 5) is 25.3. The molecular formula is C25H22FN5O2S. The third-order valence-electron chi connectivity index (χ3n) is 5.02. The lowest BCUT2D eigenvalue weighted by molar-refractivity contribution is -0.113. The number of carbonyl (C=O) groups is 2. The zero-order valence-corrected chi connectivity index (χ0v) is 19.2. The molecule has 0 aliphatic heterocycles. The van der Waals surface area contributed by atoms with Gasteiger partial charge in [-0.25, -0.2) is 4.39 Å². The Labute approximate surface area is 200 Å². The lowest BCUT2D eigenvalue weighted by Gasteiger charge is -2.11. The predicted molar refractivity (Wildman–Crippen MR) is 130 cm³/mol. The maximum absolute atomic E-state index is 14.1. The lowest BCUT2D eigenvalue weighted by atomic mass is 10.1. The van der Waals surface area contributed by atoms with E-state index in [-0.39, 0.29) is 17.6 Å². The zero-order valence-electron chi connectivity index (χ0n) is 18.4. The molecule has 0 unspecified atom stereocenters. The van der Waals surface area contributed by atoms with Gasteiger partial charge in [0.15, 0.2) is 11.0 Å². The number of hydrogen-bond acceptors (Lipinski definition) is 5. The average molecular weight is 476 g/mol. The van der Waals surface area contributed by atoms with Crippen molar-refractivity contribution in [2.75, 3.05) is 11.1 Å². The van der Waals surface area contributed by atoms with Crippen LogP contribution < -0.4 is 10.6 Å². The van der Waals surface area contributed by atoms with Crippen LogP contribution in [-0.2, 0) is 18.4 Å². The molecule has 3 aromatic carbocycles. The van der Waals surface area contributed by atoms with Crippen molar-refractivity contribution in [3.05, 3.63) is 95.8 Å². The van der Waals surface area contributed by atoms with Crippen LogP contribution in [0.3, 0.4) is 0 Å². The van der Waals surface area contributed by atoms with Gasteiger partial charge in [-0.3, -0.25) is 9.59 Å². The van der Waals surface area contributed by atoms with E-state index in [1.54, 1.807) is 54.1 Å². The topological polar surface area (TPSA) is 88.9 Å². The number of nitrogens with zero attached hydrogens (tertiary/aromatic N) is 3. The smallest absolute Gasteiger partial charge is 0.253 e. The van der Waals surface area contributed by atoms with Gasteiger partial charge in [-0.2, -0.15) is 0 Å². The fourth-order valence-electron chi connectivity index (χ4n) is 3.30. The second kappa shape index (κ2) is 10.8. The van der Waals surface area contributed by atoms with Crippen LogP contribution in [0.1, 0.15) is 15.9 Å². The molecule has 1 heterocycles. The van der Waals surface area contributed by atoms with Gasteiger partial charge in [-0.1, -0.05) is 66.4 Å². The molecule has 2 N–H and O–H groups in total. The zero-order chi connectivity index (χ0) is 23.9. The number of halogens is 1. The highest BCUT2D eigenvalue weighted by Crippen LogP contribution is 2.25. The number of benzene rings is 3. The van der Waals surface area contributed by atoms with Crippen LogP contribution in [-0.4, -0.2) is 32.3 Å². The lowest BCUT2D eigenvalue weighted by Crippen LogP contribution is -2.25. The van der Waals surface area contributed by atoms with E-state index < -0.39 is 5.82 Å². The van der Waals surface area contributed by atoms with Crippen LogP contribution in [0.5, 0.6) is 0 Å². The summed E-state index contributed by atoms with van der Waals surface area (Å²) in [5.74, 6) is -0.557. The summed E-state index contributed by atoms with van der Waals surface area (Å²) in [6.45, 7) is 0.383. The summed E-state index contributed by atoms with van der Waals surface area (Å²) >= 11 is 1.17. The maximum Gasteiger partial charge on any atom is 0.253 e. The van der Waals surface area contributed by atoms with Crippen molar-refractivity contribution in [1.82, 2.24) is 20.1 Å². The van der Waals surface area contributed by atoms with Crippen LogP contribution in [0.15, 0.2) is 84.0 Å². The Bertz CT molecular complexity index is 1310. The first kappa shape index (κ1) is 23.2. The number of rotatable bonds is 8. The van der Waals surface area contributed by atoms with Crippen molar-refractivity contribution in [2.24, 2.45) is 7.05 Å². The number of carbonyl (C=O) groups excluding carboxylic acids is 2. The number of nitrogens with one attached hydrogen (secondary N) is 2. The average Bonchev–Trinajstić information content (AvgIpc) is 3.22. The molecule has 0 atom stereocenters. The molecule has 0 radical (unpaired) electrons. The van der Waals surface area contributed by atoms with Crippen molar-refractivity contribution < 1.29 is 14.0 Å². The Balaban J connectivity index is 1.38. The van der Waals surface area contributed by atoms with Gasteiger partial charge in [-0.15, -0.1) is 10.2 Å². The number of anilines is 1. The van der Waals surface area contributed by atoms with Crippen molar-refractivity contribution in [1.29, 1.82) is 0 Å². The maximum atomic E-state index is 14.1. The minimum absolute atomic E-state index is 0.0449. The van der Waals surface area contributed by atoms with Crippen LogP contribution >= 0.6 is 11.8 Å². The Kier molecular flexibility index (Phi) is 7.34. The number of aromatic nitrogens is 3. The second-order valence-corrected chi connectivity index (χ2v) is 8.34. The largest absolute Gasteiger partial charge is 0.348 e. The summed E-state index contributed by atoms with van der Waals surface area (Å²) in [6, 6.07) is 22.7. The van der Waals surface area contributed by atoms with Gasteiger partial charge in [0.1, 0.15) is 5.82 Å². The monoisotopic (exact) mass is 475 g/mol. The number of hydrogen-bond donors (Lipinski definition) is 2. The van der Waals surface area contributed by atoms with Crippen molar-refractivity contribution in [2.45, 2.75) is 11.7 Å². The first-order valence-electron chi connectivity index (χ1n) is 10.5. The Morgan fingerprint density at radius 3 is 2.44 bits per heavy atom. The van der Waals surface area contributed by atoms with Crippen molar-refractivity contribution in [3.63, 3.8) is 0 Å². The molecule has 1 aromatic heterocycles. The molecule has 4 rings (SSSR count). The van der Waals surface area contributed by atoms with Gasteiger partial charge in [0.05, 0.1) is 22.6 Å². The van der Waals surface area contributed by atoms with Crippen molar-refractivity contribution in [3.8, 4) is 11.4 Å². The van der Waals surface area contributed by atoms with Gasteiger partial charge in [-0.05, 0) is 29.8 Å². The molecule has 2 amide bonds. The highest BCUT2D eigenvalue weighted by atomic mass is 32.2. The third-order valence-corrected chi connectivity index (χ3v) is 6.04. The standard InChI is InChI=1S/C25H22FN5O2S/c1-31-23(18-11-5-7-13-20(18)26)29-30-25(31)34-16-22(32)28-21-14-8-6-12-19(21)24(33)27-15-17-9-3-2-4-10-17/h2-14H,15-16H2,1H3,(H,27,33)(H,28,32). The molecule has 0 spiro atoms. The Hall–Kier alpha value is -3.98. The first-order chi connectivity index (χ1) is 16.5. The number of amides is 2. The minimum Gasteiger partial charge on any atom is -0.348 e. The van der Waals surface area contributed by atoms with E-state index in [4.69, 9.17) is 0 Å². The van der Waals surface area contributed by atoms with E-state index in [1.807, 2.05) is 30.3 Å². The summed E-state index contributed by atoms with van der Waals surface area (Å²) in [7, 11) is 1.72. The molecule has 34 heavy (non-hydrogen) atoms. The number of thioether (sulfide) groups is 1. The molecule has 0 aliphatic carbocycles. The molecule has 0 saturated carbocycles. The van der Waals surface area contributed by atoms with Gasteiger partial charge < -0.3 is 15.2 Å². The SMILES string of the molecule is Cn1c(SCC(=O)Nc2ccccc2C(=O)NCc2ccccc2)nnc1-c1ccccc1F. The summed E-state index contributed by atoms with van der Waals surface area (Å²) < 4.78 is 15.7. The fourth-order valence-corrected chi connectivity index (χ4v) is 4.01. The normalized spacial score (nSPS) is 10.6. The van der Waals surface area contributed by atoms with E-state index in [9.17, 15) is 14.0 Å². The van der Waals surface area contributed by atoms with E-state index in [0.717, 1.165) is 5.56 Å². The van der Waals surface area contributed by atoms with Crippen LogP contribution in [0.4, 0.5) is 10.1 Å². The quantitative estimate of drug-likeness (QED) is 0.371. The van der Waals surface area contributed by atoms with Crippen LogP contribution in [0.2, 0.25) is 0 Å². The molecule has 0 aliphatic rings. The van der Waals surface area contributed by atoms with Crippen molar-refractivity contribution >= 4 is 29.3 Å². The molecule has 0 bridgehead atoms. The van der Waals surface area contributed by atoms with Gasteiger partial charge in [0, 0.05) is 13.6 Å². The third kappa shape index (κ3) is 5.49. The van der Waals surface area contributed by atoms with Gasteiger partial charge in [0.2, 0.25) is 5.91 Å². The Morgan fingerprint density at radius 1 is 0.941 bits per heavy atom.